The van der Waals surface area contributed by atoms with E-state index in [9.17, 15) is 28.0 Å². The van der Waals surface area contributed by atoms with Gasteiger partial charge in [-0.2, -0.15) is 0 Å². The van der Waals surface area contributed by atoms with Crippen LogP contribution in [0.4, 0.5) is 43.2 Å². The van der Waals surface area contributed by atoms with E-state index < -0.39 is 23.2 Å². The first kappa shape index (κ1) is 42.3. The van der Waals surface area contributed by atoms with Crippen molar-refractivity contribution in [3.8, 4) is 22.5 Å². The second-order valence-corrected chi connectivity index (χ2v) is 19.1. The maximum Gasteiger partial charge on any atom is 0.262 e. The maximum atomic E-state index is 14.0. The summed E-state index contributed by atoms with van der Waals surface area (Å²) in [6.45, 7) is 9.11. The van der Waals surface area contributed by atoms with Crippen LogP contribution in [0.3, 0.4) is 0 Å². The van der Waals surface area contributed by atoms with Gasteiger partial charge in [0.25, 0.3) is 11.8 Å². The van der Waals surface area contributed by atoms with Crippen LogP contribution in [-0.2, 0) is 22.4 Å². The lowest BCUT2D eigenvalue weighted by Crippen LogP contribution is -2.32. The molecule has 4 aliphatic carbocycles. The van der Waals surface area contributed by atoms with E-state index >= 15 is 0 Å². The van der Waals surface area contributed by atoms with Gasteiger partial charge in [0, 0.05) is 58.1 Å². The molecule has 0 spiro atoms. The Labute approximate surface area is 369 Å². The number of anilines is 6. The molecule has 12 nitrogen and oxygen atoms in total. The molecular formula is C50H50F2N8O4. The van der Waals surface area contributed by atoms with Crippen LogP contribution in [0.2, 0.25) is 0 Å². The van der Waals surface area contributed by atoms with Gasteiger partial charge < -0.3 is 31.2 Å². The van der Waals surface area contributed by atoms with E-state index in [-0.39, 0.29) is 45.9 Å². The lowest BCUT2D eigenvalue weighted by atomic mass is 9.87. The highest BCUT2D eigenvalue weighted by molar-refractivity contribution is 6.11. The predicted octanol–water partition coefficient (Wildman–Crippen LogP) is 10.5. The number of hydrogen-bond acceptors (Lipinski definition) is 8. The van der Waals surface area contributed by atoms with Crippen molar-refractivity contribution in [3.05, 3.63) is 120 Å². The van der Waals surface area contributed by atoms with Crippen molar-refractivity contribution in [2.45, 2.75) is 78.6 Å². The molecule has 4 aromatic heterocycles. The Balaban J connectivity index is 0.000000162. The van der Waals surface area contributed by atoms with Crippen molar-refractivity contribution in [2.75, 3.05) is 21.3 Å². The monoisotopic (exact) mass is 864 g/mol. The zero-order chi connectivity index (χ0) is 45.3. The highest BCUT2D eigenvalue weighted by atomic mass is 19.1. The quantitative estimate of drug-likeness (QED) is 0.0789. The van der Waals surface area contributed by atoms with Gasteiger partial charge >= 0.3 is 0 Å². The van der Waals surface area contributed by atoms with Gasteiger partial charge in [-0.1, -0.05) is 50.2 Å². The van der Waals surface area contributed by atoms with Crippen LogP contribution in [0.1, 0.15) is 86.5 Å². The smallest absolute Gasteiger partial charge is 0.262 e. The average molecular weight is 865 g/mol. The molecule has 4 aliphatic rings. The summed E-state index contributed by atoms with van der Waals surface area (Å²) in [5, 5.41) is 11.9. The summed E-state index contributed by atoms with van der Waals surface area (Å²) >= 11 is 0. The topological polar surface area (TPSA) is 174 Å². The fourth-order valence-corrected chi connectivity index (χ4v) is 8.95. The van der Waals surface area contributed by atoms with Gasteiger partial charge in [0.05, 0.1) is 33.9 Å². The van der Waals surface area contributed by atoms with Crippen LogP contribution in [-0.4, -0.2) is 54.7 Å². The van der Waals surface area contributed by atoms with Gasteiger partial charge in [-0.25, -0.2) is 18.7 Å². The van der Waals surface area contributed by atoms with Crippen molar-refractivity contribution >= 4 is 57.8 Å². The van der Waals surface area contributed by atoms with Gasteiger partial charge in [0.1, 0.15) is 11.6 Å². The molecule has 0 unspecified atom stereocenters. The van der Waals surface area contributed by atoms with E-state index in [1.165, 1.54) is 27.7 Å². The van der Waals surface area contributed by atoms with Gasteiger partial charge in [0.15, 0.2) is 22.9 Å². The molecule has 0 bridgehead atoms. The minimum absolute atomic E-state index is 0.0281. The molecule has 2 saturated carbocycles. The number of carbonyl (C=O) groups is 4. The molecule has 2 fully saturated rings. The Morgan fingerprint density at radius 2 is 1.00 bits per heavy atom. The van der Waals surface area contributed by atoms with Crippen LogP contribution in [0, 0.1) is 22.7 Å². The number of carbonyl (C=O) groups excluding carboxylic acids is 4. The molecule has 64 heavy (non-hydrogen) atoms. The summed E-state index contributed by atoms with van der Waals surface area (Å²) in [5.41, 5.74) is 5.43. The molecule has 6 aromatic rings. The molecule has 4 heterocycles. The van der Waals surface area contributed by atoms with Crippen molar-refractivity contribution in [1.82, 2.24) is 19.9 Å². The van der Waals surface area contributed by atoms with E-state index in [1.54, 1.807) is 36.7 Å². The minimum atomic E-state index is -2.02. The summed E-state index contributed by atoms with van der Waals surface area (Å²) in [5.74, 6) is -0.580. The molecular weight excluding hydrogens is 815 g/mol. The predicted molar refractivity (Wildman–Crippen MR) is 244 cm³/mol. The number of H-pyrrole nitrogens is 2. The normalized spacial score (nSPS) is 21.5. The lowest BCUT2D eigenvalue weighted by Gasteiger charge is -2.18. The number of halogens is 2. The molecule has 0 saturated heterocycles. The van der Waals surface area contributed by atoms with Gasteiger partial charge in [-0.15, -0.1) is 0 Å². The van der Waals surface area contributed by atoms with Crippen LogP contribution in [0.25, 0.3) is 22.5 Å². The number of para-hydroxylation sites is 2. The SMILES string of the molecule is CC(C)(F)C(=O)Nc1cc(-c2[nH]c3c(c2Nc2ccccc2)C(=O)[C@@H]2C[C@]2(C)C3)ccn1.CC(C)(F)C(=O)Nc1cc(-c2[nH]c3c(c2Nc2ccccc2)C(=O)[C@H]2C[C@@]2(C)C3)ccn1. The first-order valence-corrected chi connectivity index (χ1v) is 21.5. The fraction of sp³-hybridized carbons (Fsp3) is 0.320. The number of rotatable bonds is 10. The summed E-state index contributed by atoms with van der Waals surface area (Å²) in [4.78, 5) is 65.9. The standard InChI is InChI=1S/2C25H25FN4O2/c2*1-24(2,26)23(32)30-18-11-14(9-10-27-18)20-21(28-15-7-5-4-6-8-15)19-17(29-20)13-25(3)12-16(25)22(19)31/h2*4-11,16,28-29H,12-13H2,1-3H3,(H,27,30,32)/t2*16-,25+/m10/s1. The molecule has 2 aromatic carbocycles. The number of ketones is 2. The number of nitrogens with zero attached hydrogens (tertiary/aromatic N) is 2. The summed E-state index contributed by atoms with van der Waals surface area (Å²) in [7, 11) is 0. The average Bonchev–Trinajstić information content (AvgIpc) is 4.04. The van der Waals surface area contributed by atoms with E-state index in [2.05, 4.69) is 55.1 Å². The summed E-state index contributed by atoms with van der Waals surface area (Å²) < 4.78 is 28.0. The van der Waals surface area contributed by atoms with E-state index in [0.29, 0.717) is 11.1 Å². The number of amides is 2. The van der Waals surface area contributed by atoms with Gasteiger partial charge in [0.2, 0.25) is 0 Å². The van der Waals surface area contributed by atoms with Crippen molar-refractivity contribution in [3.63, 3.8) is 0 Å². The Morgan fingerprint density at radius 3 is 1.36 bits per heavy atom. The van der Waals surface area contributed by atoms with E-state index in [4.69, 9.17) is 0 Å². The summed E-state index contributed by atoms with van der Waals surface area (Å²) in [6, 6.07) is 26.3. The first-order valence-electron chi connectivity index (χ1n) is 21.5. The third kappa shape index (κ3) is 8.08. The Morgan fingerprint density at radius 1 is 0.625 bits per heavy atom. The van der Waals surface area contributed by atoms with E-state index in [1.807, 2.05) is 60.7 Å². The number of fused-ring (bicyclic) bond motifs is 4. The second-order valence-electron chi connectivity index (χ2n) is 19.1. The van der Waals surface area contributed by atoms with Crippen LogP contribution in [0.15, 0.2) is 97.3 Å². The molecule has 0 radical (unpaired) electrons. The van der Waals surface area contributed by atoms with Crippen molar-refractivity contribution in [1.29, 1.82) is 0 Å². The summed E-state index contributed by atoms with van der Waals surface area (Å²) in [6.07, 6.45) is 6.57. The molecule has 10 rings (SSSR count). The van der Waals surface area contributed by atoms with Gasteiger partial charge in [-0.3, -0.25) is 19.2 Å². The van der Waals surface area contributed by atoms with Crippen molar-refractivity contribution < 1.29 is 28.0 Å². The number of hydrogen-bond donors (Lipinski definition) is 6. The molecule has 0 aliphatic heterocycles. The Kier molecular flexibility index (Phi) is 10.2. The third-order valence-electron chi connectivity index (χ3n) is 12.9. The molecule has 2 amide bonds. The number of alkyl halides is 2. The molecule has 4 atom stereocenters. The molecule has 14 heteroatoms. The Hall–Kier alpha value is -6.96. The second kappa shape index (κ2) is 15.4. The number of Topliss-reactive ketones (excluding diaryl/α,β-unsaturated/α-hetero) is 2. The lowest BCUT2D eigenvalue weighted by molar-refractivity contribution is -0.125. The first-order chi connectivity index (χ1) is 30.3. The number of aromatic nitrogens is 4. The van der Waals surface area contributed by atoms with Crippen LogP contribution >= 0.6 is 0 Å². The third-order valence-corrected chi connectivity index (χ3v) is 12.9. The van der Waals surface area contributed by atoms with Crippen molar-refractivity contribution in [2.24, 2.45) is 22.7 Å². The number of nitrogens with one attached hydrogen (secondary N) is 6. The molecule has 6 N–H and O–H groups in total. The molecule has 328 valence electrons. The maximum absolute atomic E-state index is 14.0. The highest BCUT2D eigenvalue weighted by Gasteiger charge is 2.59. The minimum Gasteiger partial charge on any atom is -0.356 e. The number of benzene rings is 2. The zero-order valence-corrected chi connectivity index (χ0v) is 36.5. The van der Waals surface area contributed by atoms with E-state index in [0.717, 1.165) is 82.3 Å². The Bertz CT molecular complexity index is 2650. The van der Waals surface area contributed by atoms with Crippen LogP contribution in [0.5, 0.6) is 0 Å². The highest BCUT2D eigenvalue weighted by Crippen LogP contribution is 2.61. The fourth-order valence-electron chi connectivity index (χ4n) is 8.95. The number of aromatic amines is 2. The van der Waals surface area contributed by atoms with Gasteiger partial charge in [-0.05, 0) is 113 Å². The number of pyridine rings is 2. The largest absolute Gasteiger partial charge is 0.356 e. The van der Waals surface area contributed by atoms with Crippen LogP contribution < -0.4 is 21.3 Å². The zero-order valence-electron chi connectivity index (χ0n) is 36.5.